The fraction of sp³-hybridized carbons (Fsp3) is 0.467. The van der Waals surface area contributed by atoms with E-state index in [4.69, 9.17) is 4.98 Å². The topological polar surface area (TPSA) is 41.1 Å². The van der Waals surface area contributed by atoms with Crippen molar-refractivity contribution >= 4 is 22.7 Å². The highest BCUT2D eigenvalue weighted by atomic mass is 15.2. The molecule has 4 nitrogen and oxygen atoms in total. The summed E-state index contributed by atoms with van der Waals surface area (Å²) in [5.41, 5.74) is 1.01. The Balaban J connectivity index is 2.05. The Morgan fingerprint density at radius 3 is 2.79 bits per heavy atom. The van der Waals surface area contributed by atoms with Gasteiger partial charge < -0.3 is 10.2 Å². The maximum atomic E-state index is 4.70. The molecule has 100 valence electrons. The van der Waals surface area contributed by atoms with Crippen LogP contribution in [0.5, 0.6) is 0 Å². The van der Waals surface area contributed by atoms with Crippen LogP contribution in [0.4, 0.5) is 11.8 Å². The molecule has 1 aromatic carbocycles. The predicted octanol–water partition coefficient (Wildman–Crippen LogP) is 3.05. The van der Waals surface area contributed by atoms with Gasteiger partial charge in [-0.15, -0.1) is 0 Å². The van der Waals surface area contributed by atoms with E-state index in [-0.39, 0.29) is 0 Å². The predicted molar refractivity (Wildman–Crippen MR) is 79.7 cm³/mol. The highest BCUT2D eigenvalue weighted by Crippen LogP contribution is 2.33. The molecule has 0 atom stereocenters. The molecule has 0 aliphatic heterocycles. The van der Waals surface area contributed by atoms with Crippen molar-refractivity contribution in [3.05, 3.63) is 24.3 Å². The molecule has 2 aromatic rings. The molecule has 1 aromatic heterocycles. The number of fused-ring (bicyclic) bond motifs is 1. The van der Waals surface area contributed by atoms with Crippen molar-refractivity contribution in [1.29, 1.82) is 0 Å². The standard InChI is InChI=1S/C15H20N4/c1-3-10-16-15-17-13-7-5-4-6-12(13)14(18-15)19(2)11-8-9-11/h4-7,11H,3,8-10H2,1-2H3,(H,16,17,18). The molecule has 0 amide bonds. The third-order valence-electron chi connectivity index (χ3n) is 3.54. The first kappa shape index (κ1) is 12.2. The molecule has 4 heteroatoms. The van der Waals surface area contributed by atoms with Gasteiger partial charge in [0.2, 0.25) is 5.95 Å². The summed E-state index contributed by atoms with van der Waals surface area (Å²) in [6.07, 6.45) is 3.61. The van der Waals surface area contributed by atoms with E-state index in [1.807, 2.05) is 6.07 Å². The minimum atomic E-state index is 0.650. The lowest BCUT2D eigenvalue weighted by molar-refractivity contribution is 0.889. The largest absolute Gasteiger partial charge is 0.356 e. The summed E-state index contributed by atoms with van der Waals surface area (Å²) in [7, 11) is 2.13. The van der Waals surface area contributed by atoms with Crippen LogP contribution in [-0.2, 0) is 0 Å². The Hall–Kier alpha value is -1.84. The molecule has 0 bridgehead atoms. The van der Waals surface area contributed by atoms with E-state index < -0.39 is 0 Å². The monoisotopic (exact) mass is 256 g/mol. The number of nitrogens with zero attached hydrogens (tertiary/aromatic N) is 3. The van der Waals surface area contributed by atoms with Gasteiger partial charge in [0.05, 0.1) is 5.52 Å². The maximum Gasteiger partial charge on any atom is 0.225 e. The molecule has 0 radical (unpaired) electrons. The number of nitrogens with one attached hydrogen (secondary N) is 1. The fourth-order valence-electron chi connectivity index (χ4n) is 2.28. The molecular formula is C15H20N4. The fourth-order valence-corrected chi connectivity index (χ4v) is 2.28. The number of aromatic nitrogens is 2. The van der Waals surface area contributed by atoms with Crippen LogP contribution in [0.2, 0.25) is 0 Å². The Morgan fingerprint density at radius 2 is 2.05 bits per heavy atom. The number of hydrogen-bond donors (Lipinski definition) is 1. The van der Waals surface area contributed by atoms with Gasteiger partial charge in [-0.05, 0) is 31.4 Å². The Kier molecular flexibility index (Phi) is 3.23. The minimum Gasteiger partial charge on any atom is -0.356 e. The maximum absolute atomic E-state index is 4.70. The highest BCUT2D eigenvalue weighted by Gasteiger charge is 2.28. The number of rotatable bonds is 5. The zero-order valence-electron chi connectivity index (χ0n) is 11.6. The molecule has 0 spiro atoms. The lowest BCUT2D eigenvalue weighted by atomic mass is 10.2. The van der Waals surface area contributed by atoms with Gasteiger partial charge in [0.15, 0.2) is 0 Å². The van der Waals surface area contributed by atoms with Gasteiger partial charge in [0, 0.05) is 25.0 Å². The van der Waals surface area contributed by atoms with Crippen LogP contribution >= 0.6 is 0 Å². The molecular weight excluding hydrogens is 236 g/mol. The van der Waals surface area contributed by atoms with Crippen molar-refractivity contribution in [1.82, 2.24) is 9.97 Å². The van der Waals surface area contributed by atoms with E-state index in [1.165, 1.54) is 12.8 Å². The van der Waals surface area contributed by atoms with Gasteiger partial charge in [0.25, 0.3) is 0 Å². The minimum absolute atomic E-state index is 0.650. The van der Waals surface area contributed by atoms with E-state index in [0.29, 0.717) is 6.04 Å². The number of hydrogen-bond acceptors (Lipinski definition) is 4. The second-order valence-electron chi connectivity index (χ2n) is 5.16. The molecule has 1 saturated carbocycles. The van der Waals surface area contributed by atoms with Gasteiger partial charge in [-0.2, -0.15) is 4.98 Å². The number of para-hydroxylation sites is 1. The lowest BCUT2D eigenvalue weighted by Crippen LogP contribution is -2.22. The van der Waals surface area contributed by atoms with Gasteiger partial charge in [-0.3, -0.25) is 0 Å². The quantitative estimate of drug-likeness (QED) is 0.892. The van der Waals surface area contributed by atoms with Crippen LogP contribution in [0, 0.1) is 0 Å². The normalized spacial score (nSPS) is 14.6. The zero-order valence-corrected chi connectivity index (χ0v) is 11.6. The van der Waals surface area contributed by atoms with Crippen LogP contribution in [-0.4, -0.2) is 29.6 Å². The first-order chi connectivity index (χ1) is 9.29. The van der Waals surface area contributed by atoms with Crippen LogP contribution in [0.3, 0.4) is 0 Å². The summed E-state index contributed by atoms with van der Waals surface area (Å²) in [6, 6.07) is 8.89. The smallest absolute Gasteiger partial charge is 0.225 e. The highest BCUT2D eigenvalue weighted by molar-refractivity contribution is 5.90. The van der Waals surface area contributed by atoms with Gasteiger partial charge >= 0.3 is 0 Å². The summed E-state index contributed by atoms with van der Waals surface area (Å²) >= 11 is 0. The third kappa shape index (κ3) is 2.48. The summed E-state index contributed by atoms with van der Waals surface area (Å²) in [4.78, 5) is 11.6. The summed E-state index contributed by atoms with van der Waals surface area (Å²) < 4.78 is 0. The second-order valence-corrected chi connectivity index (χ2v) is 5.16. The molecule has 0 saturated heterocycles. The van der Waals surface area contributed by atoms with E-state index in [0.717, 1.165) is 35.6 Å². The third-order valence-corrected chi connectivity index (χ3v) is 3.54. The summed E-state index contributed by atoms with van der Waals surface area (Å²) in [6.45, 7) is 3.05. The molecule has 1 aliphatic rings. The SMILES string of the molecule is CCCNc1nc(N(C)C2CC2)c2ccccc2n1. The van der Waals surface area contributed by atoms with Crippen molar-refractivity contribution in [3.63, 3.8) is 0 Å². The van der Waals surface area contributed by atoms with E-state index >= 15 is 0 Å². The number of anilines is 2. The molecule has 1 heterocycles. The van der Waals surface area contributed by atoms with E-state index in [1.54, 1.807) is 0 Å². The van der Waals surface area contributed by atoms with Crippen molar-refractivity contribution in [3.8, 4) is 0 Å². The average molecular weight is 256 g/mol. The van der Waals surface area contributed by atoms with Crippen LogP contribution in [0.1, 0.15) is 26.2 Å². The molecule has 1 fully saturated rings. The van der Waals surface area contributed by atoms with Gasteiger partial charge in [-0.25, -0.2) is 4.98 Å². The molecule has 3 rings (SSSR count). The van der Waals surface area contributed by atoms with Crippen molar-refractivity contribution in [2.45, 2.75) is 32.2 Å². The summed E-state index contributed by atoms with van der Waals surface area (Å²) in [5.74, 6) is 1.79. The van der Waals surface area contributed by atoms with Gasteiger partial charge in [0.1, 0.15) is 5.82 Å². The van der Waals surface area contributed by atoms with Crippen molar-refractivity contribution in [2.24, 2.45) is 0 Å². The van der Waals surface area contributed by atoms with Crippen LogP contribution < -0.4 is 10.2 Å². The van der Waals surface area contributed by atoms with Crippen molar-refractivity contribution < 1.29 is 0 Å². The van der Waals surface area contributed by atoms with Gasteiger partial charge in [-0.1, -0.05) is 19.1 Å². The average Bonchev–Trinajstić information content (AvgIpc) is 3.28. The Bertz CT molecular complexity index is 577. The summed E-state index contributed by atoms with van der Waals surface area (Å²) in [5, 5.41) is 4.43. The number of benzene rings is 1. The first-order valence-corrected chi connectivity index (χ1v) is 7.03. The Morgan fingerprint density at radius 1 is 1.26 bits per heavy atom. The Labute approximate surface area is 113 Å². The van der Waals surface area contributed by atoms with Crippen LogP contribution in [0.15, 0.2) is 24.3 Å². The zero-order chi connectivity index (χ0) is 13.2. The molecule has 19 heavy (non-hydrogen) atoms. The molecule has 0 unspecified atom stereocenters. The first-order valence-electron chi connectivity index (χ1n) is 7.03. The second kappa shape index (κ2) is 5.03. The van der Waals surface area contributed by atoms with Crippen LogP contribution in [0.25, 0.3) is 10.9 Å². The van der Waals surface area contributed by atoms with Crippen molar-refractivity contribution in [2.75, 3.05) is 23.8 Å². The molecule has 1 aliphatic carbocycles. The van der Waals surface area contributed by atoms with E-state index in [9.17, 15) is 0 Å². The van der Waals surface area contributed by atoms with E-state index in [2.05, 4.69) is 47.4 Å². The lowest BCUT2D eigenvalue weighted by Gasteiger charge is -2.20. The molecule has 1 N–H and O–H groups in total.